The average molecular weight is 394 g/mol. The predicted molar refractivity (Wildman–Crippen MR) is 108 cm³/mol. The molecule has 2 aromatic heterocycles. The van der Waals surface area contributed by atoms with Crippen LogP contribution >= 0.6 is 11.8 Å². The normalized spacial score (nSPS) is 10.4. The number of allylic oxidation sites excluding steroid dienone is 1. The van der Waals surface area contributed by atoms with Gasteiger partial charge in [0.1, 0.15) is 0 Å². The third-order valence-corrected chi connectivity index (χ3v) is 4.71. The van der Waals surface area contributed by atoms with E-state index in [-0.39, 0.29) is 17.2 Å². The Morgan fingerprint density at radius 1 is 1.21 bits per heavy atom. The Morgan fingerprint density at radius 2 is 2.04 bits per heavy atom. The molecule has 0 aliphatic carbocycles. The summed E-state index contributed by atoms with van der Waals surface area (Å²) in [7, 11) is 0. The lowest BCUT2D eigenvalue weighted by molar-refractivity contribution is -0.113. The zero-order chi connectivity index (χ0) is 19.9. The van der Waals surface area contributed by atoms with Gasteiger partial charge in [-0.05, 0) is 24.3 Å². The summed E-state index contributed by atoms with van der Waals surface area (Å²) in [4.78, 5) is 27.9. The van der Waals surface area contributed by atoms with Gasteiger partial charge in [-0.1, -0.05) is 30.0 Å². The number of primary amides is 1. The molecule has 0 atom stereocenters. The van der Waals surface area contributed by atoms with Crippen molar-refractivity contribution in [2.45, 2.75) is 11.7 Å². The number of rotatable bonds is 8. The molecule has 2 amide bonds. The number of hydrogen-bond acceptors (Lipinski definition) is 6. The molecule has 0 bridgehead atoms. The van der Waals surface area contributed by atoms with Gasteiger partial charge in [-0.3, -0.25) is 19.1 Å². The number of benzene rings is 1. The van der Waals surface area contributed by atoms with Crippen molar-refractivity contribution in [2.24, 2.45) is 5.73 Å². The Hall–Kier alpha value is -3.46. The number of hydrogen-bond donors (Lipinski definition) is 2. The fourth-order valence-corrected chi connectivity index (χ4v) is 3.27. The monoisotopic (exact) mass is 394 g/mol. The number of nitrogens with zero attached hydrogens (tertiary/aromatic N) is 4. The molecule has 3 aromatic rings. The molecule has 0 saturated heterocycles. The lowest BCUT2D eigenvalue weighted by Gasteiger charge is -2.09. The first kappa shape index (κ1) is 19.3. The molecule has 28 heavy (non-hydrogen) atoms. The molecule has 0 radical (unpaired) electrons. The summed E-state index contributed by atoms with van der Waals surface area (Å²) >= 11 is 1.24. The molecule has 9 heteroatoms. The SMILES string of the molecule is C=CCn1c(SCC(=O)Nc2ccccc2C(N)=O)nnc1-c1cccnc1. The predicted octanol–water partition coefficient (Wildman–Crippen LogP) is 2.36. The highest BCUT2D eigenvalue weighted by atomic mass is 32.2. The number of carbonyl (C=O) groups excluding carboxylic acids is 2. The Labute approximate surface area is 165 Å². The summed E-state index contributed by atoms with van der Waals surface area (Å²) in [5, 5.41) is 11.7. The summed E-state index contributed by atoms with van der Waals surface area (Å²) in [6, 6.07) is 10.3. The van der Waals surface area contributed by atoms with Crippen LogP contribution < -0.4 is 11.1 Å². The molecule has 2 heterocycles. The van der Waals surface area contributed by atoms with Crippen LogP contribution in [0.15, 0.2) is 66.6 Å². The average Bonchev–Trinajstić information content (AvgIpc) is 3.10. The largest absolute Gasteiger partial charge is 0.366 e. The van der Waals surface area contributed by atoms with Crippen molar-refractivity contribution >= 4 is 29.3 Å². The van der Waals surface area contributed by atoms with Crippen LogP contribution in [-0.2, 0) is 11.3 Å². The first-order valence-corrected chi connectivity index (χ1v) is 9.34. The van der Waals surface area contributed by atoms with Crippen molar-refractivity contribution < 1.29 is 9.59 Å². The van der Waals surface area contributed by atoms with Crippen molar-refractivity contribution in [3.05, 3.63) is 67.0 Å². The molecule has 0 aliphatic rings. The van der Waals surface area contributed by atoms with Gasteiger partial charge in [0.15, 0.2) is 11.0 Å². The summed E-state index contributed by atoms with van der Waals surface area (Å²) in [6.07, 6.45) is 5.11. The van der Waals surface area contributed by atoms with Crippen LogP contribution in [0.3, 0.4) is 0 Å². The molecule has 0 saturated carbocycles. The maximum Gasteiger partial charge on any atom is 0.250 e. The zero-order valence-electron chi connectivity index (χ0n) is 14.9. The molecule has 0 fully saturated rings. The van der Waals surface area contributed by atoms with E-state index in [4.69, 9.17) is 5.73 Å². The minimum atomic E-state index is -0.601. The van der Waals surface area contributed by atoms with Crippen LogP contribution in [0.4, 0.5) is 5.69 Å². The fourth-order valence-electron chi connectivity index (χ4n) is 2.52. The smallest absolute Gasteiger partial charge is 0.250 e. The van der Waals surface area contributed by atoms with E-state index in [9.17, 15) is 9.59 Å². The molecule has 0 aliphatic heterocycles. The molecular weight excluding hydrogens is 376 g/mol. The van der Waals surface area contributed by atoms with Crippen molar-refractivity contribution in [3.63, 3.8) is 0 Å². The van der Waals surface area contributed by atoms with Crippen LogP contribution in [-0.4, -0.2) is 37.3 Å². The second-order valence-electron chi connectivity index (χ2n) is 5.69. The van der Waals surface area contributed by atoms with Gasteiger partial charge in [0.2, 0.25) is 5.91 Å². The van der Waals surface area contributed by atoms with E-state index < -0.39 is 5.91 Å². The highest BCUT2D eigenvalue weighted by Gasteiger charge is 2.16. The van der Waals surface area contributed by atoms with E-state index in [0.29, 0.717) is 23.2 Å². The fraction of sp³-hybridized carbons (Fsp3) is 0.105. The van der Waals surface area contributed by atoms with E-state index in [0.717, 1.165) is 5.56 Å². The molecule has 3 N–H and O–H groups in total. The van der Waals surface area contributed by atoms with Crippen molar-refractivity contribution in [3.8, 4) is 11.4 Å². The lowest BCUT2D eigenvalue weighted by atomic mass is 10.1. The number of aromatic nitrogens is 4. The van der Waals surface area contributed by atoms with Gasteiger partial charge in [-0.2, -0.15) is 0 Å². The Bertz CT molecular complexity index is 1000. The molecule has 142 valence electrons. The minimum Gasteiger partial charge on any atom is -0.366 e. The van der Waals surface area contributed by atoms with Crippen molar-refractivity contribution in [1.29, 1.82) is 0 Å². The van der Waals surface area contributed by atoms with Gasteiger partial charge in [0.05, 0.1) is 17.0 Å². The topological polar surface area (TPSA) is 116 Å². The van der Waals surface area contributed by atoms with Gasteiger partial charge in [0.25, 0.3) is 5.91 Å². The maximum absolute atomic E-state index is 12.3. The number of amides is 2. The van der Waals surface area contributed by atoms with Crippen LogP contribution in [0.5, 0.6) is 0 Å². The van der Waals surface area contributed by atoms with E-state index in [2.05, 4.69) is 27.1 Å². The van der Waals surface area contributed by atoms with Gasteiger partial charge >= 0.3 is 0 Å². The minimum absolute atomic E-state index is 0.0927. The molecular formula is C19H18N6O2S. The zero-order valence-corrected chi connectivity index (χ0v) is 15.7. The van der Waals surface area contributed by atoms with E-state index in [1.165, 1.54) is 11.8 Å². The highest BCUT2D eigenvalue weighted by Crippen LogP contribution is 2.24. The number of nitrogens with one attached hydrogen (secondary N) is 1. The summed E-state index contributed by atoms with van der Waals surface area (Å²) in [5.41, 5.74) is 6.80. The quantitative estimate of drug-likeness (QED) is 0.448. The highest BCUT2D eigenvalue weighted by molar-refractivity contribution is 7.99. The van der Waals surface area contributed by atoms with Gasteiger partial charge in [-0.15, -0.1) is 16.8 Å². The maximum atomic E-state index is 12.3. The van der Waals surface area contributed by atoms with E-state index in [1.54, 1.807) is 42.7 Å². The van der Waals surface area contributed by atoms with Crippen LogP contribution in [0, 0.1) is 0 Å². The molecule has 8 nitrogen and oxygen atoms in total. The third kappa shape index (κ3) is 4.44. The second-order valence-corrected chi connectivity index (χ2v) is 6.64. The number of nitrogens with two attached hydrogens (primary N) is 1. The summed E-state index contributed by atoms with van der Waals surface area (Å²) in [6.45, 7) is 4.26. The first-order valence-electron chi connectivity index (χ1n) is 8.36. The molecule has 1 aromatic carbocycles. The standard InChI is InChI=1S/C19H18N6O2S/c1-2-10-25-18(13-6-5-9-21-11-13)23-24-19(25)28-12-16(26)22-15-8-4-3-7-14(15)17(20)27/h2-9,11H,1,10,12H2,(H2,20,27)(H,22,26). The first-order chi connectivity index (χ1) is 13.6. The Kier molecular flexibility index (Phi) is 6.18. The third-order valence-electron chi connectivity index (χ3n) is 3.75. The molecule has 0 spiro atoms. The molecule has 0 unspecified atom stereocenters. The number of anilines is 1. The van der Waals surface area contributed by atoms with Gasteiger partial charge < -0.3 is 11.1 Å². The van der Waals surface area contributed by atoms with Gasteiger partial charge in [-0.25, -0.2) is 0 Å². The number of para-hydroxylation sites is 1. The van der Waals surface area contributed by atoms with Crippen LogP contribution in [0.1, 0.15) is 10.4 Å². The summed E-state index contributed by atoms with van der Waals surface area (Å²) < 4.78 is 1.86. The summed E-state index contributed by atoms with van der Waals surface area (Å²) in [5.74, 6) is -0.143. The van der Waals surface area contributed by atoms with Crippen molar-refractivity contribution in [2.75, 3.05) is 11.1 Å². The second kappa shape index (κ2) is 8.96. The van der Waals surface area contributed by atoms with Crippen molar-refractivity contribution in [1.82, 2.24) is 19.7 Å². The van der Waals surface area contributed by atoms with Crippen LogP contribution in [0.25, 0.3) is 11.4 Å². The Morgan fingerprint density at radius 3 is 2.75 bits per heavy atom. The number of pyridine rings is 1. The van der Waals surface area contributed by atoms with Crippen LogP contribution in [0.2, 0.25) is 0 Å². The number of carbonyl (C=O) groups is 2. The lowest BCUT2D eigenvalue weighted by Crippen LogP contribution is -2.19. The van der Waals surface area contributed by atoms with E-state index in [1.807, 2.05) is 16.7 Å². The number of thioether (sulfide) groups is 1. The Balaban J connectivity index is 1.73. The van der Waals surface area contributed by atoms with Gasteiger partial charge in [0, 0.05) is 24.5 Å². The molecule has 3 rings (SSSR count). The van der Waals surface area contributed by atoms with E-state index >= 15 is 0 Å².